The molecule has 0 amide bonds. The molecule has 0 fully saturated rings. The van der Waals surface area contributed by atoms with Gasteiger partial charge in [-0.15, -0.1) is 0 Å². The van der Waals surface area contributed by atoms with Gasteiger partial charge in [0.1, 0.15) is 0 Å². The van der Waals surface area contributed by atoms with E-state index in [1.807, 2.05) is 36.4 Å². The SMILES string of the molecule is CC1(C)c2ccccc2-n2cc3c(c21)N(c1cc(-c2nc(-c4ccccc4)nc(-c4ccccc4)n2)cc(-n2c4ccccc4c4cn5c(c42)C(C)(C)c2ccccc2-5)c1)C1CC=CC=C31. The van der Waals surface area contributed by atoms with E-state index in [1.165, 1.54) is 67.0 Å². The van der Waals surface area contributed by atoms with Gasteiger partial charge in [0.15, 0.2) is 17.5 Å². The van der Waals surface area contributed by atoms with Crippen LogP contribution in [-0.4, -0.2) is 34.7 Å². The third-order valence-electron chi connectivity index (χ3n) is 14.9. The zero-order chi connectivity index (χ0) is 44.1. The molecule has 0 radical (unpaired) electrons. The molecule has 7 nitrogen and oxygen atoms in total. The highest BCUT2D eigenvalue weighted by Crippen LogP contribution is 2.58. The van der Waals surface area contributed by atoms with Crippen LogP contribution in [0, 0.1) is 0 Å². The van der Waals surface area contributed by atoms with Crippen molar-refractivity contribution in [2.45, 2.75) is 51.0 Å². The molecule has 0 bridgehead atoms. The van der Waals surface area contributed by atoms with E-state index in [1.54, 1.807) is 0 Å². The van der Waals surface area contributed by atoms with Gasteiger partial charge in [0.2, 0.25) is 0 Å². The van der Waals surface area contributed by atoms with Gasteiger partial charge < -0.3 is 18.6 Å². The highest BCUT2D eigenvalue weighted by Gasteiger charge is 2.47. The average molecular weight is 852 g/mol. The monoisotopic (exact) mass is 851 g/mol. The summed E-state index contributed by atoms with van der Waals surface area (Å²) in [6, 6.07) is 54.4. The molecular formula is C59H45N7. The molecule has 7 heteroatoms. The number of hydrogen-bond donors (Lipinski definition) is 0. The smallest absolute Gasteiger partial charge is 0.164 e. The van der Waals surface area contributed by atoms with E-state index in [4.69, 9.17) is 15.0 Å². The second-order valence-corrected chi connectivity index (χ2v) is 19.3. The van der Waals surface area contributed by atoms with Gasteiger partial charge in [-0.25, -0.2) is 15.0 Å². The summed E-state index contributed by atoms with van der Waals surface area (Å²) in [4.78, 5) is 18.5. The molecule has 0 saturated heterocycles. The van der Waals surface area contributed by atoms with Crippen LogP contribution in [0.1, 0.15) is 62.2 Å². The molecule has 14 rings (SSSR count). The van der Waals surface area contributed by atoms with Crippen LogP contribution in [0.4, 0.5) is 11.4 Å². The van der Waals surface area contributed by atoms with Gasteiger partial charge in [-0.05, 0) is 59.5 Å². The van der Waals surface area contributed by atoms with Crippen molar-refractivity contribution >= 4 is 38.8 Å². The predicted octanol–water partition coefficient (Wildman–Crippen LogP) is 13.7. The van der Waals surface area contributed by atoms with Crippen molar-refractivity contribution in [2.75, 3.05) is 4.90 Å². The minimum absolute atomic E-state index is 0.111. The van der Waals surface area contributed by atoms with E-state index in [0.717, 1.165) is 40.0 Å². The summed E-state index contributed by atoms with van der Waals surface area (Å²) in [7, 11) is 0. The van der Waals surface area contributed by atoms with E-state index in [0.29, 0.717) is 17.5 Å². The molecule has 1 unspecified atom stereocenters. The van der Waals surface area contributed by atoms with Crippen molar-refractivity contribution in [2.24, 2.45) is 0 Å². The van der Waals surface area contributed by atoms with Crippen LogP contribution < -0.4 is 4.90 Å². The van der Waals surface area contributed by atoms with Gasteiger partial charge in [-0.1, -0.05) is 161 Å². The topological polar surface area (TPSA) is 56.7 Å². The van der Waals surface area contributed by atoms with Crippen LogP contribution in [-0.2, 0) is 10.8 Å². The predicted molar refractivity (Wildman–Crippen MR) is 267 cm³/mol. The molecule has 0 spiro atoms. The van der Waals surface area contributed by atoms with Crippen LogP contribution in [0.3, 0.4) is 0 Å². The number of hydrogen-bond acceptors (Lipinski definition) is 4. The normalized spacial score (nSPS) is 16.8. The van der Waals surface area contributed by atoms with E-state index in [9.17, 15) is 0 Å². The van der Waals surface area contributed by atoms with Crippen LogP contribution >= 0.6 is 0 Å². The molecule has 7 heterocycles. The number of benzene rings is 6. The summed E-state index contributed by atoms with van der Waals surface area (Å²) in [5, 5.41) is 2.47. The van der Waals surface area contributed by atoms with Gasteiger partial charge in [0.25, 0.3) is 0 Å². The van der Waals surface area contributed by atoms with Crippen molar-refractivity contribution in [3.8, 4) is 51.2 Å². The zero-order valence-corrected chi connectivity index (χ0v) is 37.2. The van der Waals surface area contributed by atoms with E-state index >= 15 is 0 Å². The Morgan fingerprint density at radius 2 is 1.09 bits per heavy atom. The molecule has 1 atom stereocenters. The van der Waals surface area contributed by atoms with Crippen molar-refractivity contribution in [1.29, 1.82) is 0 Å². The van der Waals surface area contributed by atoms with Gasteiger partial charge in [0, 0.05) is 79.0 Å². The molecule has 6 aromatic carbocycles. The minimum Gasteiger partial charge on any atom is -0.331 e. The quantitative estimate of drug-likeness (QED) is 0.173. The lowest BCUT2D eigenvalue weighted by Gasteiger charge is -2.32. The van der Waals surface area contributed by atoms with Crippen LogP contribution in [0.25, 0.3) is 78.6 Å². The van der Waals surface area contributed by atoms with Crippen LogP contribution in [0.15, 0.2) is 182 Å². The summed E-state index contributed by atoms with van der Waals surface area (Å²) < 4.78 is 7.43. The lowest BCUT2D eigenvalue weighted by molar-refractivity contribution is 0.639. The highest BCUT2D eigenvalue weighted by atomic mass is 15.2. The fourth-order valence-corrected chi connectivity index (χ4v) is 11.9. The number of fused-ring (bicyclic) bond motifs is 14. The van der Waals surface area contributed by atoms with Crippen LogP contribution in [0.2, 0.25) is 0 Å². The first kappa shape index (κ1) is 37.4. The first-order valence-electron chi connectivity index (χ1n) is 23.1. The molecular weight excluding hydrogens is 807 g/mol. The lowest BCUT2D eigenvalue weighted by Crippen LogP contribution is -2.30. The third-order valence-corrected chi connectivity index (χ3v) is 14.9. The summed E-state index contributed by atoms with van der Waals surface area (Å²) in [5.74, 6) is 1.91. The summed E-state index contributed by atoms with van der Waals surface area (Å²) in [6.07, 6.45) is 12.6. The molecule has 0 saturated carbocycles. The minimum atomic E-state index is -0.250. The maximum Gasteiger partial charge on any atom is 0.164 e. The fourth-order valence-electron chi connectivity index (χ4n) is 11.9. The maximum atomic E-state index is 5.36. The Morgan fingerprint density at radius 3 is 1.77 bits per heavy atom. The molecule has 0 N–H and O–H groups in total. The Kier molecular flexibility index (Phi) is 7.51. The average Bonchev–Trinajstić information content (AvgIpc) is 4.17. The first-order chi connectivity index (χ1) is 32.3. The standard InChI is InChI=1S/C59H45N7/c1-58(2)45-25-13-17-29-49(45)63-34-43-41-23-11-15-27-47(41)65(51(43)53(58)63)39-31-38(57-61-55(36-19-7-5-8-20-36)60-56(62-57)37-21-9-6-10-22-37)32-40(33-39)66-48-28-16-12-24-42(48)44-35-64-50-30-18-14-26-46(50)59(3,4)54(64)52(44)66/h5-27,29-35,48H,28H2,1-4H3. The molecule has 3 aliphatic heterocycles. The molecule has 1 aliphatic carbocycles. The summed E-state index contributed by atoms with van der Waals surface area (Å²) in [5.41, 5.74) is 18.6. The Morgan fingerprint density at radius 1 is 0.530 bits per heavy atom. The number of allylic oxidation sites excluding steroid dienone is 2. The van der Waals surface area contributed by atoms with Gasteiger partial charge in [0.05, 0.1) is 34.2 Å². The number of para-hydroxylation sites is 3. The number of rotatable bonds is 5. The number of nitrogens with zero attached hydrogens (tertiary/aromatic N) is 7. The molecule has 10 aromatic rings. The van der Waals surface area contributed by atoms with E-state index in [-0.39, 0.29) is 16.9 Å². The second-order valence-electron chi connectivity index (χ2n) is 19.3. The Bertz CT molecular complexity index is 3690. The van der Waals surface area contributed by atoms with E-state index in [2.05, 4.69) is 192 Å². The fraction of sp³-hybridized carbons (Fsp3) is 0.136. The van der Waals surface area contributed by atoms with Crippen molar-refractivity contribution in [3.63, 3.8) is 0 Å². The molecule has 4 aromatic heterocycles. The molecule has 66 heavy (non-hydrogen) atoms. The Labute approximate surface area is 383 Å². The zero-order valence-electron chi connectivity index (χ0n) is 37.2. The third kappa shape index (κ3) is 5.00. The highest BCUT2D eigenvalue weighted by molar-refractivity contribution is 6.12. The Balaban J connectivity index is 1.08. The van der Waals surface area contributed by atoms with Gasteiger partial charge >= 0.3 is 0 Å². The van der Waals surface area contributed by atoms with Crippen LogP contribution in [0.5, 0.6) is 0 Å². The number of aromatic nitrogens is 6. The largest absolute Gasteiger partial charge is 0.331 e. The van der Waals surface area contributed by atoms with Crippen molar-refractivity contribution < 1.29 is 0 Å². The first-order valence-corrected chi connectivity index (χ1v) is 23.1. The van der Waals surface area contributed by atoms with Gasteiger partial charge in [-0.2, -0.15) is 0 Å². The molecule has 316 valence electrons. The van der Waals surface area contributed by atoms with Gasteiger partial charge in [-0.3, -0.25) is 0 Å². The summed E-state index contributed by atoms with van der Waals surface area (Å²) in [6.45, 7) is 9.52. The van der Waals surface area contributed by atoms with E-state index < -0.39 is 0 Å². The van der Waals surface area contributed by atoms with Crippen molar-refractivity contribution in [3.05, 3.63) is 210 Å². The summed E-state index contributed by atoms with van der Waals surface area (Å²) >= 11 is 0. The second kappa shape index (κ2) is 13.3. The maximum absolute atomic E-state index is 5.36. The number of anilines is 2. The molecule has 4 aliphatic rings. The van der Waals surface area contributed by atoms with Crippen molar-refractivity contribution in [1.82, 2.24) is 28.7 Å². The Hall–Kier alpha value is -8.03. The lowest BCUT2D eigenvalue weighted by atomic mass is 9.82.